The Bertz CT molecular complexity index is 563. The van der Waals surface area contributed by atoms with E-state index in [1.807, 2.05) is 6.07 Å². The van der Waals surface area contributed by atoms with Crippen molar-refractivity contribution in [1.82, 2.24) is 0 Å². The second-order valence-corrected chi connectivity index (χ2v) is 7.75. The Labute approximate surface area is 126 Å². The van der Waals surface area contributed by atoms with Crippen molar-refractivity contribution in [2.45, 2.75) is 31.8 Å². The molecule has 0 amide bonds. The lowest BCUT2D eigenvalue weighted by molar-refractivity contribution is 0.105. The van der Waals surface area contributed by atoms with Crippen LogP contribution in [0.15, 0.2) is 40.2 Å². The second kappa shape index (κ2) is 5.78. The maximum Gasteiger partial charge on any atom is 0.0824 e. The van der Waals surface area contributed by atoms with Crippen LogP contribution in [0.3, 0.4) is 0 Å². The summed E-state index contributed by atoms with van der Waals surface area (Å²) in [6, 6.07) is 12.6. The summed E-state index contributed by atoms with van der Waals surface area (Å²) in [7, 11) is 0. The molecule has 3 heteroatoms. The van der Waals surface area contributed by atoms with E-state index in [0.717, 1.165) is 24.8 Å². The SMILES string of the molecule is OC1c2ccccc2CCCC1Cc1ccc(Br)s1. The van der Waals surface area contributed by atoms with Crippen LogP contribution in [0.4, 0.5) is 0 Å². The number of aliphatic hydroxyl groups is 1. The van der Waals surface area contributed by atoms with Crippen LogP contribution in [0.5, 0.6) is 0 Å². The van der Waals surface area contributed by atoms with E-state index in [-0.39, 0.29) is 6.10 Å². The van der Waals surface area contributed by atoms with Crippen LogP contribution in [0.2, 0.25) is 0 Å². The summed E-state index contributed by atoms with van der Waals surface area (Å²) in [4.78, 5) is 1.36. The third-order valence-electron chi connectivity index (χ3n) is 3.93. The van der Waals surface area contributed by atoms with Gasteiger partial charge in [0.2, 0.25) is 0 Å². The molecule has 1 N–H and O–H groups in total. The Balaban J connectivity index is 1.83. The predicted molar refractivity (Wildman–Crippen MR) is 83.6 cm³/mol. The third-order valence-corrected chi connectivity index (χ3v) is 5.58. The lowest BCUT2D eigenvalue weighted by atomic mass is 9.90. The van der Waals surface area contributed by atoms with Crippen LogP contribution >= 0.6 is 27.3 Å². The zero-order valence-electron chi connectivity index (χ0n) is 10.7. The summed E-state index contributed by atoms with van der Waals surface area (Å²) in [6.45, 7) is 0. The van der Waals surface area contributed by atoms with Crippen LogP contribution in [0, 0.1) is 5.92 Å². The van der Waals surface area contributed by atoms with Gasteiger partial charge in [-0.3, -0.25) is 0 Å². The van der Waals surface area contributed by atoms with Crippen molar-refractivity contribution in [2.24, 2.45) is 5.92 Å². The number of aryl methyl sites for hydroxylation is 1. The highest BCUT2D eigenvalue weighted by Crippen LogP contribution is 2.36. The number of halogens is 1. The van der Waals surface area contributed by atoms with Gasteiger partial charge in [0, 0.05) is 4.88 Å². The van der Waals surface area contributed by atoms with Crippen LogP contribution in [-0.4, -0.2) is 5.11 Å². The molecule has 0 bridgehead atoms. The van der Waals surface area contributed by atoms with Gasteiger partial charge in [-0.15, -0.1) is 11.3 Å². The minimum absolute atomic E-state index is 0.320. The maximum atomic E-state index is 10.7. The van der Waals surface area contributed by atoms with E-state index in [0.29, 0.717) is 5.92 Å². The minimum atomic E-state index is -0.320. The van der Waals surface area contributed by atoms with Crippen molar-refractivity contribution in [3.8, 4) is 0 Å². The fourth-order valence-electron chi connectivity index (χ4n) is 2.95. The van der Waals surface area contributed by atoms with E-state index >= 15 is 0 Å². The van der Waals surface area contributed by atoms with Gasteiger partial charge in [0.25, 0.3) is 0 Å². The van der Waals surface area contributed by atoms with Gasteiger partial charge in [-0.1, -0.05) is 24.3 Å². The van der Waals surface area contributed by atoms with Crippen molar-refractivity contribution < 1.29 is 5.11 Å². The van der Waals surface area contributed by atoms with Crippen LogP contribution in [-0.2, 0) is 12.8 Å². The lowest BCUT2D eigenvalue weighted by Gasteiger charge is -2.21. The summed E-state index contributed by atoms with van der Waals surface area (Å²) in [5.41, 5.74) is 2.46. The van der Waals surface area contributed by atoms with Gasteiger partial charge in [0.1, 0.15) is 0 Å². The van der Waals surface area contributed by atoms with Gasteiger partial charge in [0.15, 0.2) is 0 Å². The standard InChI is InChI=1S/C16H17BrOS/c17-15-9-8-13(19-15)10-12-6-3-5-11-4-1-2-7-14(11)16(12)18/h1-2,4,7-9,12,16,18H,3,5-6,10H2. The molecular weight excluding hydrogens is 320 g/mol. The fourth-order valence-corrected chi connectivity index (χ4v) is 4.53. The van der Waals surface area contributed by atoms with Gasteiger partial charge < -0.3 is 5.11 Å². The van der Waals surface area contributed by atoms with Gasteiger partial charge in [-0.25, -0.2) is 0 Å². The van der Waals surface area contributed by atoms with Crippen molar-refractivity contribution in [3.05, 3.63) is 56.2 Å². The predicted octanol–water partition coefficient (Wildman–Crippen LogP) is 4.74. The van der Waals surface area contributed by atoms with E-state index in [2.05, 4.69) is 46.3 Å². The average molecular weight is 337 g/mol. The fraction of sp³-hybridized carbons (Fsp3) is 0.375. The third kappa shape index (κ3) is 2.93. The number of aliphatic hydroxyl groups excluding tert-OH is 1. The molecular formula is C16H17BrOS. The molecule has 0 aliphatic heterocycles. The normalized spacial score (nSPS) is 22.8. The average Bonchev–Trinajstić information content (AvgIpc) is 2.75. The zero-order chi connectivity index (χ0) is 13.2. The molecule has 19 heavy (non-hydrogen) atoms. The van der Waals surface area contributed by atoms with Crippen LogP contribution in [0.25, 0.3) is 0 Å². The van der Waals surface area contributed by atoms with Crippen molar-refractivity contribution in [1.29, 1.82) is 0 Å². The number of hydrogen-bond donors (Lipinski definition) is 1. The van der Waals surface area contributed by atoms with Crippen molar-refractivity contribution in [2.75, 3.05) is 0 Å². The largest absolute Gasteiger partial charge is 0.388 e. The van der Waals surface area contributed by atoms with Gasteiger partial charge >= 0.3 is 0 Å². The molecule has 0 saturated carbocycles. The number of hydrogen-bond acceptors (Lipinski definition) is 2. The molecule has 0 saturated heterocycles. The molecule has 2 atom stereocenters. The van der Waals surface area contributed by atoms with E-state index in [1.54, 1.807) is 11.3 Å². The molecule has 0 radical (unpaired) electrons. The quantitative estimate of drug-likeness (QED) is 0.785. The van der Waals surface area contributed by atoms with E-state index in [9.17, 15) is 5.11 Å². The topological polar surface area (TPSA) is 20.2 Å². The molecule has 0 fully saturated rings. The van der Waals surface area contributed by atoms with Crippen molar-refractivity contribution >= 4 is 27.3 Å². The molecule has 1 aromatic heterocycles. The van der Waals surface area contributed by atoms with Crippen LogP contribution < -0.4 is 0 Å². The smallest absolute Gasteiger partial charge is 0.0824 e. The van der Waals surface area contributed by atoms with Gasteiger partial charge in [-0.2, -0.15) is 0 Å². The first-order chi connectivity index (χ1) is 9.24. The summed E-state index contributed by atoms with van der Waals surface area (Å²) < 4.78 is 1.17. The Morgan fingerprint density at radius 1 is 1.21 bits per heavy atom. The highest BCUT2D eigenvalue weighted by Gasteiger charge is 2.26. The minimum Gasteiger partial charge on any atom is -0.388 e. The maximum absolute atomic E-state index is 10.7. The van der Waals surface area contributed by atoms with E-state index in [4.69, 9.17) is 0 Å². The first-order valence-electron chi connectivity index (χ1n) is 6.74. The molecule has 1 heterocycles. The highest BCUT2D eigenvalue weighted by molar-refractivity contribution is 9.11. The number of thiophene rings is 1. The van der Waals surface area contributed by atoms with E-state index < -0.39 is 0 Å². The Hall–Kier alpha value is -0.640. The summed E-state index contributed by atoms with van der Waals surface area (Å²) in [5.74, 6) is 0.342. The second-order valence-electron chi connectivity index (χ2n) is 5.21. The molecule has 2 unspecified atom stereocenters. The number of fused-ring (bicyclic) bond motifs is 1. The van der Waals surface area contributed by atoms with Gasteiger partial charge in [-0.05, 0) is 70.8 Å². The molecule has 1 aromatic carbocycles. The van der Waals surface area contributed by atoms with E-state index in [1.165, 1.54) is 20.6 Å². The highest BCUT2D eigenvalue weighted by atomic mass is 79.9. The number of rotatable bonds is 2. The Morgan fingerprint density at radius 3 is 2.84 bits per heavy atom. The zero-order valence-corrected chi connectivity index (χ0v) is 13.1. The monoisotopic (exact) mass is 336 g/mol. The molecule has 3 rings (SSSR count). The number of benzene rings is 1. The van der Waals surface area contributed by atoms with Crippen molar-refractivity contribution in [3.63, 3.8) is 0 Å². The Morgan fingerprint density at radius 2 is 2.05 bits per heavy atom. The molecule has 2 aromatic rings. The first kappa shape index (κ1) is 13.3. The molecule has 0 spiro atoms. The van der Waals surface area contributed by atoms with Gasteiger partial charge in [0.05, 0.1) is 9.89 Å². The molecule has 1 nitrogen and oxygen atoms in total. The Kier molecular flexibility index (Phi) is 4.06. The molecule has 1 aliphatic carbocycles. The summed E-state index contributed by atoms with van der Waals surface area (Å²) >= 11 is 5.29. The summed E-state index contributed by atoms with van der Waals surface area (Å²) in [6.07, 6.45) is 4.03. The molecule has 1 aliphatic rings. The summed E-state index contributed by atoms with van der Waals surface area (Å²) in [5, 5.41) is 10.7. The lowest BCUT2D eigenvalue weighted by Crippen LogP contribution is -2.14. The van der Waals surface area contributed by atoms with Crippen LogP contribution in [0.1, 0.15) is 34.9 Å². The molecule has 100 valence electrons. The first-order valence-corrected chi connectivity index (χ1v) is 8.35.